The molecule has 0 bridgehead atoms. The molecule has 7 nitrogen and oxygen atoms in total. The van der Waals surface area contributed by atoms with Gasteiger partial charge in [-0.3, -0.25) is 4.79 Å². The summed E-state index contributed by atoms with van der Waals surface area (Å²) in [6, 6.07) is 0.760. The van der Waals surface area contributed by atoms with E-state index in [4.69, 9.17) is 9.47 Å². The molecule has 1 aliphatic carbocycles. The number of ether oxygens (including phenoxy) is 3. The molecule has 1 N–H and O–H groups in total. The zero-order valence-electron chi connectivity index (χ0n) is 14.9. The van der Waals surface area contributed by atoms with E-state index in [0.29, 0.717) is 0 Å². The minimum atomic E-state index is -1.74. The molecule has 1 atom stereocenters. The van der Waals surface area contributed by atoms with Crippen molar-refractivity contribution in [1.82, 2.24) is 0 Å². The lowest BCUT2D eigenvalue weighted by molar-refractivity contribution is -0.136. The van der Waals surface area contributed by atoms with E-state index < -0.39 is 37.3 Å². The lowest BCUT2D eigenvalue weighted by atomic mass is 9.85. The minimum absolute atomic E-state index is 0.0877. The van der Waals surface area contributed by atoms with Crippen LogP contribution < -0.4 is 0 Å². The van der Waals surface area contributed by atoms with Crippen molar-refractivity contribution in [3.05, 3.63) is 23.0 Å². The summed E-state index contributed by atoms with van der Waals surface area (Å²) in [5, 5.41) is 9.93. The third-order valence-electron chi connectivity index (χ3n) is 3.59. The van der Waals surface area contributed by atoms with Gasteiger partial charge in [-0.05, 0) is 26.0 Å². The number of hydrogen-bond acceptors (Lipinski definition) is 7. The summed E-state index contributed by atoms with van der Waals surface area (Å²) in [5.74, 6) is -1.95. The summed E-state index contributed by atoms with van der Waals surface area (Å²) < 4.78 is 14.7. The molecule has 0 radical (unpaired) electrons. The highest BCUT2D eigenvalue weighted by atomic mass is 28.3. The zero-order chi connectivity index (χ0) is 18.7. The fourth-order valence-corrected chi connectivity index (χ4v) is 2.79. The van der Waals surface area contributed by atoms with Gasteiger partial charge in [-0.25, -0.2) is 9.59 Å². The van der Waals surface area contributed by atoms with Crippen molar-refractivity contribution in [1.29, 1.82) is 0 Å². The van der Waals surface area contributed by atoms with Gasteiger partial charge in [0.05, 0.1) is 13.7 Å². The Labute approximate surface area is 142 Å². The van der Waals surface area contributed by atoms with E-state index in [2.05, 4.69) is 24.4 Å². The second-order valence-corrected chi connectivity index (χ2v) is 12.6. The summed E-state index contributed by atoms with van der Waals surface area (Å²) in [6.45, 7) is 9.27. The molecule has 0 aromatic carbocycles. The maximum atomic E-state index is 12.3. The number of hydrogen-bond donors (Lipinski definition) is 1. The third kappa shape index (κ3) is 4.70. The van der Waals surface area contributed by atoms with E-state index in [9.17, 15) is 19.5 Å². The van der Waals surface area contributed by atoms with Crippen LogP contribution in [-0.2, 0) is 23.8 Å². The van der Waals surface area contributed by atoms with Crippen LogP contribution in [0.2, 0.25) is 25.7 Å². The molecule has 0 amide bonds. The summed E-state index contributed by atoms with van der Waals surface area (Å²) in [6.07, 6.45) is 0.0715. The van der Waals surface area contributed by atoms with Crippen LogP contribution >= 0.6 is 0 Å². The molecule has 0 unspecified atom stereocenters. The molecule has 0 aromatic rings. The van der Waals surface area contributed by atoms with E-state index in [1.165, 1.54) is 13.8 Å². The van der Waals surface area contributed by atoms with Gasteiger partial charge < -0.3 is 19.3 Å². The molecule has 0 aromatic heterocycles. The van der Waals surface area contributed by atoms with Crippen LogP contribution in [0.15, 0.2) is 23.0 Å². The maximum Gasteiger partial charge on any atom is 0.509 e. The standard InChI is InChI=1S/C16H24O7Si/c1-10-12(17)11(14(19)21-3)9-16(2,13(10)18)23-15(20)22-7-8-24(4,5)6/h9,17H,7-8H2,1-6H3/t16-/m0/s1. The Morgan fingerprint density at radius 2 is 1.88 bits per heavy atom. The Bertz CT molecular complexity index is 612. The number of carbonyl (C=O) groups is 3. The molecule has 1 aliphatic rings. The van der Waals surface area contributed by atoms with Crippen LogP contribution in [0.25, 0.3) is 0 Å². The molecule has 0 heterocycles. The number of carbonyl (C=O) groups excluding carboxylic acids is 3. The summed E-state index contributed by atoms with van der Waals surface area (Å²) in [5.41, 5.74) is -2.06. The first-order valence-electron chi connectivity index (χ1n) is 7.53. The first-order valence-corrected chi connectivity index (χ1v) is 11.2. The second kappa shape index (κ2) is 7.21. The molecule has 134 valence electrons. The lowest BCUT2D eigenvalue weighted by Crippen LogP contribution is -2.43. The Morgan fingerprint density at radius 1 is 1.29 bits per heavy atom. The van der Waals surface area contributed by atoms with Gasteiger partial charge in [-0.15, -0.1) is 0 Å². The third-order valence-corrected chi connectivity index (χ3v) is 5.30. The van der Waals surface area contributed by atoms with Crippen LogP contribution in [0, 0.1) is 0 Å². The highest BCUT2D eigenvalue weighted by molar-refractivity contribution is 6.76. The smallest absolute Gasteiger partial charge is 0.507 e. The maximum absolute atomic E-state index is 12.3. The number of aliphatic hydroxyl groups excluding tert-OH is 1. The lowest BCUT2D eigenvalue weighted by Gasteiger charge is -2.29. The van der Waals surface area contributed by atoms with Crippen LogP contribution in [0.3, 0.4) is 0 Å². The van der Waals surface area contributed by atoms with Gasteiger partial charge in [0.15, 0.2) is 5.60 Å². The minimum Gasteiger partial charge on any atom is -0.507 e. The number of esters is 1. The Kier molecular flexibility index (Phi) is 5.99. The van der Waals surface area contributed by atoms with Crippen molar-refractivity contribution in [2.24, 2.45) is 0 Å². The van der Waals surface area contributed by atoms with Gasteiger partial charge in [0.2, 0.25) is 5.78 Å². The van der Waals surface area contributed by atoms with Gasteiger partial charge in [0.25, 0.3) is 0 Å². The molecule has 1 rings (SSSR count). The van der Waals surface area contributed by atoms with Crippen molar-refractivity contribution < 1.29 is 33.7 Å². The Hall–Kier alpha value is -2.09. The quantitative estimate of drug-likeness (QED) is 0.597. The SMILES string of the molecule is COC(=O)C1=C[C@](C)(OC(=O)OCC[Si](C)(C)C)C(=O)C(C)=C1O. The van der Waals surface area contributed by atoms with Gasteiger partial charge in [-0.1, -0.05) is 19.6 Å². The fraction of sp³-hybridized carbons (Fsp3) is 0.562. The molecule has 8 heteroatoms. The number of rotatable bonds is 5. The Morgan fingerprint density at radius 3 is 2.38 bits per heavy atom. The molecule has 24 heavy (non-hydrogen) atoms. The normalized spacial score (nSPS) is 21.2. The molecule has 0 aliphatic heterocycles. The molecular weight excluding hydrogens is 332 g/mol. The first kappa shape index (κ1) is 20.0. The van der Waals surface area contributed by atoms with Gasteiger partial charge in [0, 0.05) is 13.6 Å². The van der Waals surface area contributed by atoms with Crippen molar-refractivity contribution in [3.8, 4) is 0 Å². The van der Waals surface area contributed by atoms with E-state index in [0.717, 1.165) is 19.2 Å². The number of Topliss-reactive ketones (excluding diaryl/α,β-unsaturated/α-hetero) is 1. The highest BCUT2D eigenvalue weighted by Gasteiger charge is 2.43. The molecular formula is C16H24O7Si. The monoisotopic (exact) mass is 356 g/mol. The van der Waals surface area contributed by atoms with Crippen LogP contribution in [0.4, 0.5) is 4.79 Å². The molecule has 0 spiro atoms. The van der Waals surface area contributed by atoms with Crippen molar-refractivity contribution >= 4 is 26.0 Å². The average Bonchev–Trinajstić information content (AvgIpc) is 2.47. The van der Waals surface area contributed by atoms with E-state index in [1.54, 1.807) is 0 Å². The summed E-state index contributed by atoms with van der Waals surface area (Å²) in [7, 11) is -0.229. The van der Waals surface area contributed by atoms with E-state index in [1.807, 2.05) is 0 Å². The largest absolute Gasteiger partial charge is 0.509 e. The van der Waals surface area contributed by atoms with Crippen molar-refractivity contribution in [2.75, 3.05) is 13.7 Å². The summed E-state index contributed by atoms with van der Waals surface area (Å²) in [4.78, 5) is 35.9. The van der Waals surface area contributed by atoms with Gasteiger partial charge >= 0.3 is 12.1 Å². The van der Waals surface area contributed by atoms with Gasteiger partial charge in [-0.2, -0.15) is 0 Å². The molecule has 0 saturated heterocycles. The molecule has 0 fully saturated rings. The Balaban J connectivity index is 2.92. The number of aliphatic hydroxyl groups is 1. The number of methoxy groups -OCH3 is 1. The highest BCUT2D eigenvalue weighted by Crippen LogP contribution is 2.31. The van der Waals surface area contributed by atoms with Crippen LogP contribution in [0.5, 0.6) is 0 Å². The van der Waals surface area contributed by atoms with E-state index >= 15 is 0 Å². The summed E-state index contributed by atoms with van der Waals surface area (Å²) >= 11 is 0. The zero-order valence-corrected chi connectivity index (χ0v) is 15.9. The van der Waals surface area contributed by atoms with Gasteiger partial charge in [0.1, 0.15) is 11.3 Å². The van der Waals surface area contributed by atoms with Crippen LogP contribution in [-0.4, -0.2) is 50.4 Å². The first-order chi connectivity index (χ1) is 10.9. The topological polar surface area (TPSA) is 99.1 Å². The molecule has 0 saturated carbocycles. The average molecular weight is 356 g/mol. The van der Waals surface area contributed by atoms with Crippen molar-refractivity contribution in [2.45, 2.75) is 45.1 Å². The second-order valence-electron chi connectivity index (χ2n) is 6.97. The number of ketones is 1. The van der Waals surface area contributed by atoms with E-state index in [-0.39, 0.29) is 17.8 Å². The predicted octanol–water partition coefficient (Wildman–Crippen LogP) is 2.75. The predicted molar refractivity (Wildman–Crippen MR) is 89.4 cm³/mol. The van der Waals surface area contributed by atoms with Crippen LogP contribution in [0.1, 0.15) is 13.8 Å². The fourth-order valence-electron chi connectivity index (χ4n) is 2.08. The van der Waals surface area contributed by atoms with Crippen molar-refractivity contribution in [3.63, 3.8) is 0 Å².